The Labute approximate surface area is 148 Å². The predicted molar refractivity (Wildman–Crippen MR) is 92.8 cm³/mol. The molecule has 0 saturated carbocycles. The van der Waals surface area contributed by atoms with E-state index < -0.39 is 0 Å². The Kier molecular flexibility index (Phi) is 7.69. The summed E-state index contributed by atoms with van der Waals surface area (Å²) in [4.78, 5) is 28.2. The summed E-state index contributed by atoms with van der Waals surface area (Å²) in [7, 11) is 2.94. The highest BCUT2D eigenvalue weighted by Crippen LogP contribution is 2.13. The van der Waals surface area contributed by atoms with Gasteiger partial charge in [-0.3, -0.25) is 14.5 Å². The Bertz CT molecular complexity index is 555. The molecule has 138 valence electrons. The second kappa shape index (κ2) is 10.0. The van der Waals surface area contributed by atoms with Crippen LogP contribution in [0.5, 0.6) is 5.75 Å². The van der Waals surface area contributed by atoms with E-state index in [1.54, 1.807) is 36.3 Å². The maximum atomic E-state index is 12.8. The Hall–Kier alpha value is -2.12. The molecular weight excluding hydrogens is 324 g/mol. The molecule has 1 fully saturated rings. The van der Waals surface area contributed by atoms with Crippen molar-refractivity contribution in [2.24, 2.45) is 0 Å². The van der Waals surface area contributed by atoms with Crippen LogP contribution in [0.25, 0.3) is 0 Å². The van der Waals surface area contributed by atoms with Crippen LogP contribution in [-0.4, -0.2) is 81.8 Å². The van der Waals surface area contributed by atoms with E-state index in [0.717, 1.165) is 19.6 Å². The SMILES string of the molecule is COC(=O)CCN(CCN1CCOCC1)C(=O)c1ccc(OC)cc1. The average Bonchev–Trinajstić information content (AvgIpc) is 2.68. The van der Waals surface area contributed by atoms with E-state index in [1.165, 1.54) is 7.11 Å². The summed E-state index contributed by atoms with van der Waals surface area (Å²) < 4.78 is 15.2. The first-order chi connectivity index (χ1) is 12.1. The highest BCUT2D eigenvalue weighted by Gasteiger charge is 2.19. The fourth-order valence-corrected chi connectivity index (χ4v) is 2.65. The summed E-state index contributed by atoms with van der Waals surface area (Å²) in [5, 5.41) is 0. The lowest BCUT2D eigenvalue weighted by molar-refractivity contribution is -0.140. The van der Waals surface area contributed by atoms with Gasteiger partial charge in [-0.05, 0) is 24.3 Å². The van der Waals surface area contributed by atoms with E-state index in [1.807, 2.05) is 0 Å². The molecule has 0 atom stereocenters. The summed E-state index contributed by atoms with van der Waals surface area (Å²) in [6.07, 6.45) is 0.182. The molecule has 0 radical (unpaired) electrons. The molecule has 1 aromatic rings. The zero-order valence-electron chi connectivity index (χ0n) is 14.9. The van der Waals surface area contributed by atoms with Crippen LogP contribution < -0.4 is 4.74 Å². The van der Waals surface area contributed by atoms with Crippen LogP contribution in [0.2, 0.25) is 0 Å². The fourth-order valence-electron chi connectivity index (χ4n) is 2.65. The molecule has 0 bridgehead atoms. The molecule has 25 heavy (non-hydrogen) atoms. The van der Waals surface area contributed by atoms with Gasteiger partial charge in [-0.2, -0.15) is 0 Å². The number of hydrogen-bond donors (Lipinski definition) is 0. The molecule has 1 aliphatic heterocycles. The van der Waals surface area contributed by atoms with Crippen molar-refractivity contribution in [3.05, 3.63) is 29.8 Å². The van der Waals surface area contributed by atoms with Gasteiger partial charge in [-0.15, -0.1) is 0 Å². The number of morpholine rings is 1. The highest BCUT2D eigenvalue weighted by molar-refractivity contribution is 5.94. The number of methoxy groups -OCH3 is 2. The van der Waals surface area contributed by atoms with Crippen LogP contribution in [0, 0.1) is 0 Å². The normalized spacial score (nSPS) is 14.8. The third kappa shape index (κ3) is 6.03. The molecule has 2 rings (SSSR count). The van der Waals surface area contributed by atoms with Gasteiger partial charge >= 0.3 is 5.97 Å². The van der Waals surface area contributed by atoms with Crippen molar-refractivity contribution in [1.82, 2.24) is 9.80 Å². The first-order valence-electron chi connectivity index (χ1n) is 8.44. The molecule has 0 unspecified atom stereocenters. The summed E-state index contributed by atoms with van der Waals surface area (Å²) in [6.45, 7) is 4.81. The van der Waals surface area contributed by atoms with Gasteiger partial charge < -0.3 is 19.1 Å². The average molecular weight is 350 g/mol. The van der Waals surface area contributed by atoms with Crippen molar-refractivity contribution in [3.8, 4) is 5.75 Å². The number of amides is 1. The van der Waals surface area contributed by atoms with Crippen LogP contribution in [0.1, 0.15) is 16.8 Å². The van der Waals surface area contributed by atoms with Gasteiger partial charge in [0.1, 0.15) is 5.75 Å². The number of esters is 1. The molecule has 0 aliphatic carbocycles. The van der Waals surface area contributed by atoms with Crippen LogP contribution in [0.15, 0.2) is 24.3 Å². The molecule has 1 heterocycles. The minimum Gasteiger partial charge on any atom is -0.497 e. The van der Waals surface area contributed by atoms with Gasteiger partial charge in [0.25, 0.3) is 5.91 Å². The lowest BCUT2D eigenvalue weighted by atomic mass is 10.2. The Morgan fingerprint density at radius 1 is 1.12 bits per heavy atom. The number of hydrogen-bond acceptors (Lipinski definition) is 6. The van der Waals surface area contributed by atoms with Gasteiger partial charge in [-0.1, -0.05) is 0 Å². The molecule has 1 saturated heterocycles. The molecule has 1 amide bonds. The van der Waals surface area contributed by atoms with Gasteiger partial charge in [0.05, 0.1) is 33.9 Å². The fraction of sp³-hybridized carbons (Fsp3) is 0.556. The van der Waals surface area contributed by atoms with Crippen molar-refractivity contribution in [1.29, 1.82) is 0 Å². The van der Waals surface area contributed by atoms with Crippen molar-refractivity contribution in [3.63, 3.8) is 0 Å². The lowest BCUT2D eigenvalue weighted by Crippen LogP contribution is -2.43. The molecule has 0 N–H and O–H groups in total. The van der Waals surface area contributed by atoms with Crippen molar-refractivity contribution in [2.75, 3.05) is 60.2 Å². The standard InChI is InChI=1S/C18H26N2O5/c1-23-16-5-3-15(4-6-16)18(22)20(8-7-17(21)24-2)10-9-19-11-13-25-14-12-19/h3-6H,7-14H2,1-2H3. The van der Waals surface area contributed by atoms with Crippen LogP contribution in [0.4, 0.5) is 0 Å². The molecule has 1 aromatic carbocycles. The summed E-state index contributed by atoms with van der Waals surface area (Å²) in [5.41, 5.74) is 0.577. The van der Waals surface area contributed by atoms with E-state index in [-0.39, 0.29) is 18.3 Å². The summed E-state index contributed by atoms with van der Waals surface area (Å²) in [5.74, 6) is 0.282. The maximum absolute atomic E-state index is 12.8. The number of carbonyl (C=O) groups is 2. The van der Waals surface area contributed by atoms with Gasteiger partial charge in [0.15, 0.2) is 0 Å². The molecule has 7 heteroatoms. The second-order valence-corrected chi connectivity index (χ2v) is 5.80. The van der Waals surface area contributed by atoms with E-state index in [4.69, 9.17) is 14.2 Å². The van der Waals surface area contributed by atoms with Crippen molar-refractivity contribution < 1.29 is 23.8 Å². The van der Waals surface area contributed by atoms with Crippen molar-refractivity contribution in [2.45, 2.75) is 6.42 Å². The largest absolute Gasteiger partial charge is 0.497 e. The van der Waals surface area contributed by atoms with E-state index in [9.17, 15) is 9.59 Å². The molecule has 1 aliphatic rings. The molecule has 7 nitrogen and oxygen atoms in total. The first kappa shape index (κ1) is 19.2. The van der Waals surface area contributed by atoms with Gasteiger partial charge in [-0.25, -0.2) is 0 Å². The third-order valence-electron chi connectivity index (χ3n) is 4.23. The zero-order valence-corrected chi connectivity index (χ0v) is 14.9. The first-order valence-corrected chi connectivity index (χ1v) is 8.44. The topological polar surface area (TPSA) is 68.3 Å². The second-order valence-electron chi connectivity index (χ2n) is 5.80. The Morgan fingerprint density at radius 3 is 2.40 bits per heavy atom. The Balaban J connectivity index is 1.99. The van der Waals surface area contributed by atoms with Gasteiger partial charge in [0.2, 0.25) is 0 Å². The third-order valence-corrected chi connectivity index (χ3v) is 4.23. The summed E-state index contributed by atoms with van der Waals surface area (Å²) >= 11 is 0. The van der Waals surface area contributed by atoms with E-state index >= 15 is 0 Å². The predicted octanol–water partition coefficient (Wildman–Crippen LogP) is 1.03. The van der Waals surface area contributed by atoms with Crippen LogP contribution >= 0.6 is 0 Å². The zero-order chi connectivity index (χ0) is 18.1. The number of rotatable bonds is 8. The number of carbonyl (C=O) groups excluding carboxylic acids is 2. The lowest BCUT2D eigenvalue weighted by Gasteiger charge is -2.30. The Morgan fingerprint density at radius 2 is 1.80 bits per heavy atom. The van der Waals surface area contributed by atoms with Crippen LogP contribution in [0.3, 0.4) is 0 Å². The quantitative estimate of drug-likeness (QED) is 0.653. The minimum absolute atomic E-state index is 0.0974. The molecular formula is C18H26N2O5. The highest BCUT2D eigenvalue weighted by atomic mass is 16.5. The van der Waals surface area contributed by atoms with Crippen LogP contribution in [-0.2, 0) is 14.3 Å². The minimum atomic E-state index is -0.320. The van der Waals surface area contributed by atoms with Crippen molar-refractivity contribution >= 4 is 11.9 Å². The monoisotopic (exact) mass is 350 g/mol. The number of benzene rings is 1. The number of nitrogens with zero attached hydrogens (tertiary/aromatic N) is 2. The molecule has 0 aromatic heterocycles. The number of ether oxygens (including phenoxy) is 3. The smallest absolute Gasteiger partial charge is 0.307 e. The van der Waals surface area contributed by atoms with E-state index in [0.29, 0.717) is 37.6 Å². The van der Waals surface area contributed by atoms with Gasteiger partial charge in [0, 0.05) is 38.3 Å². The molecule has 0 spiro atoms. The summed E-state index contributed by atoms with van der Waals surface area (Å²) in [6, 6.07) is 6.99. The maximum Gasteiger partial charge on any atom is 0.307 e. The van der Waals surface area contributed by atoms with E-state index in [2.05, 4.69) is 4.90 Å².